The molecule has 0 N–H and O–H groups in total. The average molecular weight is 381 g/mol. The summed E-state index contributed by atoms with van der Waals surface area (Å²) in [5.74, 6) is 0.630. The van der Waals surface area contributed by atoms with Crippen molar-refractivity contribution in [1.29, 1.82) is 0 Å². The summed E-state index contributed by atoms with van der Waals surface area (Å²) in [6.07, 6.45) is 2.18. The number of hydrogen-bond acceptors (Lipinski definition) is 4. The first-order valence-electron chi connectivity index (χ1n) is 8.45. The van der Waals surface area contributed by atoms with Gasteiger partial charge in [-0.25, -0.2) is 4.98 Å². The van der Waals surface area contributed by atoms with E-state index in [1.54, 1.807) is 16.7 Å². The van der Waals surface area contributed by atoms with Crippen LogP contribution in [0.25, 0.3) is 0 Å². The van der Waals surface area contributed by atoms with Gasteiger partial charge in [0.2, 0.25) is 5.95 Å². The Bertz CT molecular complexity index is 850. The van der Waals surface area contributed by atoms with Crippen LogP contribution in [0.3, 0.4) is 0 Å². The maximum Gasteiger partial charge on any atom is 0.259 e. The van der Waals surface area contributed by atoms with Crippen LogP contribution in [-0.2, 0) is 6.67 Å². The molecular formula is C18H22Cl2N4O. The van der Waals surface area contributed by atoms with Crippen LogP contribution in [-0.4, -0.2) is 27.7 Å². The third-order valence-electron chi connectivity index (χ3n) is 4.57. The molecule has 1 aliphatic heterocycles. The lowest BCUT2D eigenvalue weighted by atomic mass is 10.2. The number of aromatic nitrogens is 2. The Kier molecular flexibility index (Phi) is 5.37. The summed E-state index contributed by atoms with van der Waals surface area (Å²) in [5, 5.41) is 1.13. The van der Waals surface area contributed by atoms with Crippen molar-refractivity contribution in [3.05, 3.63) is 49.9 Å². The zero-order chi connectivity index (χ0) is 18.1. The van der Waals surface area contributed by atoms with Crippen LogP contribution in [0, 0.1) is 13.8 Å². The highest BCUT2D eigenvalue weighted by molar-refractivity contribution is 6.36. The second-order valence-corrected chi connectivity index (χ2v) is 7.25. The molecule has 1 aliphatic rings. The van der Waals surface area contributed by atoms with E-state index in [1.165, 1.54) is 0 Å². The standard InChI is InChI=1S/C18H22Cl2N4O/c1-4-5-8-22-10-23(16-7-6-14(19)9-15(16)20)18-21-13(3)12(2)17(25)24(18)11-22/h6-7,9H,4-5,8,10-11H2,1-3H3. The van der Waals surface area contributed by atoms with E-state index in [4.69, 9.17) is 23.2 Å². The van der Waals surface area contributed by atoms with Gasteiger partial charge in [-0.05, 0) is 38.5 Å². The van der Waals surface area contributed by atoms with Gasteiger partial charge in [0.05, 0.1) is 24.0 Å². The largest absolute Gasteiger partial charge is 0.297 e. The molecule has 25 heavy (non-hydrogen) atoms. The molecular weight excluding hydrogens is 359 g/mol. The van der Waals surface area contributed by atoms with E-state index < -0.39 is 0 Å². The lowest BCUT2D eigenvalue weighted by Crippen LogP contribution is -2.48. The second-order valence-electron chi connectivity index (χ2n) is 6.41. The molecule has 1 aromatic heterocycles. The van der Waals surface area contributed by atoms with Gasteiger partial charge >= 0.3 is 0 Å². The summed E-state index contributed by atoms with van der Waals surface area (Å²) in [7, 11) is 0. The highest BCUT2D eigenvalue weighted by Crippen LogP contribution is 2.34. The van der Waals surface area contributed by atoms with Gasteiger partial charge in [-0.15, -0.1) is 0 Å². The minimum absolute atomic E-state index is 0.00113. The van der Waals surface area contributed by atoms with E-state index in [2.05, 4.69) is 16.8 Å². The molecule has 0 saturated carbocycles. The van der Waals surface area contributed by atoms with Gasteiger partial charge in [-0.3, -0.25) is 19.2 Å². The van der Waals surface area contributed by atoms with E-state index in [9.17, 15) is 4.79 Å². The molecule has 134 valence electrons. The van der Waals surface area contributed by atoms with Crippen molar-refractivity contribution in [2.75, 3.05) is 18.1 Å². The highest BCUT2D eigenvalue weighted by Gasteiger charge is 2.28. The molecule has 0 bridgehead atoms. The SMILES string of the molecule is CCCCN1CN(c2ccc(Cl)cc2Cl)c2nc(C)c(C)c(=O)n2C1. The summed E-state index contributed by atoms with van der Waals surface area (Å²) in [6.45, 7) is 7.94. The van der Waals surface area contributed by atoms with Gasteiger partial charge < -0.3 is 0 Å². The van der Waals surface area contributed by atoms with Crippen LogP contribution in [0.2, 0.25) is 10.0 Å². The summed E-state index contributed by atoms with van der Waals surface area (Å²) in [5.41, 5.74) is 2.23. The van der Waals surface area contributed by atoms with E-state index in [-0.39, 0.29) is 5.56 Å². The quantitative estimate of drug-likeness (QED) is 0.790. The Labute approximate surface area is 157 Å². The Balaban J connectivity index is 2.12. The fraction of sp³-hybridized carbons (Fsp3) is 0.444. The van der Waals surface area contributed by atoms with Gasteiger partial charge in [-0.2, -0.15) is 0 Å². The van der Waals surface area contributed by atoms with E-state index >= 15 is 0 Å². The van der Waals surface area contributed by atoms with E-state index in [1.807, 2.05) is 24.8 Å². The third-order valence-corrected chi connectivity index (χ3v) is 5.11. The average Bonchev–Trinajstić information content (AvgIpc) is 2.58. The lowest BCUT2D eigenvalue weighted by molar-refractivity contribution is 0.195. The molecule has 0 amide bonds. The second kappa shape index (κ2) is 7.36. The van der Waals surface area contributed by atoms with Crippen LogP contribution in [0.1, 0.15) is 31.0 Å². The molecule has 0 saturated heterocycles. The smallest absolute Gasteiger partial charge is 0.259 e. The molecule has 2 aromatic rings. The fourth-order valence-electron chi connectivity index (χ4n) is 2.99. The highest BCUT2D eigenvalue weighted by atomic mass is 35.5. The Morgan fingerprint density at radius 2 is 1.96 bits per heavy atom. The number of benzene rings is 1. The van der Waals surface area contributed by atoms with Gasteiger partial charge in [-0.1, -0.05) is 36.5 Å². The minimum atomic E-state index is -0.00113. The Morgan fingerprint density at radius 1 is 1.20 bits per heavy atom. The van der Waals surface area contributed by atoms with Crippen molar-refractivity contribution in [2.45, 2.75) is 40.3 Å². The molecule has 0 radical (unpaired) electrons. The predicted octanol–water partition coefficient (Wildman–Crippen LogP) is 4.34. The Morgan fingerprint density at radius 3 is 2.64 bits per heavy atom. The summed E-state index contributed by atoms with van der Waals surface area (Å²) >= 11 is 12.5. The molecule has 5 nitrogen and oxygen atoms in total. The van der Waals surface area contributed by atoms with Crippen LogP contribution >= 0.6 is 23.2 Å². The van der Waals surface area contributed by atoms with Crippen molar-refractivity contribution < 1.29 is 0 Å². The van der Waals surface area contributed by atoms with Gasteiger partial charge in [0, 0.05) is 22.8 Å². The first-order chi connectivity index (χ1) is 11.9. The van der Waals surface area contributed by atoms with Crippen molar-refractivity contribution in [1.82, 2.24) is 14.5 Å². The van der Waals surface area contributed by atoms with Gasteiger partial charge in [0.1, 0.15) is 0 Å². The molecule has 1 aromatic carbocycles. The number of unbranched alkanes of at least 4 members (excludes halogenated alkanes) is 1. The normalized spacial score (nSPS) is 14.7. The van der Waals surface area contributed by atoms with E-state index in [0.717, 1.165) is 30.8 Å². The van der Waals surface area contributed by atoms with Crippen molar-refractivity contribution in [3.63, 3.8) is 0 Å². The number of hydrogen-bond donors (Lipinski definition) is 0. The van der Waals surface area contributed by atoms with Crippen LogP contribution in [0.15, 0.2) is 23.0 Å². The number of halogens is 2. The van der Waals surface area contributed by atoms with Gasteiger partial charge in [0.25, 0.3) is 5.56 Å². The van der Waals surface area contributed by atoms with Crippen molar-refractivity contribution >= 4 is 34.8 Å². The minimum Gasteiger partial charge on any atom is -0.297 e. The number of aryl methyl sites for hydroxylation is 1. The molecule has 2 heterocycles. The molecule has 0 spiro atoms. The topological polar surface area (TPSA) is 41.4 Å². The first-order valence-corrected chi connectivity index (χ1v) is 9.21. The summed E-state index contributed by atoms with van der Waals surface area (Å²) in [4.78, 5) is 21.7. The van der Waals surface area contributed by atoms with Crippen LogP contribution in [0.4, 0.5) is 11.6 Å². The number of fused-ring (bicyclic) bond motifs is 1. The summed E-state index contributed by atoms with van der Waals surface area (Å²) < 4.78 is 1.73. The molecule has 3 rings (SSSR count). The van der Waals surface area contributed by atoms with Crippen molar-refractivity contribution in [2.24, 2.45) is 0 Å². The molecule has 0 unspecified atom stereocenters. The number of rotatable bonds is 4. The summed E-state index contributed by atoms with van der Waals surface area (Å²) in [6, 6.07) is 5.39. The Hall–Kier alpha value is -1.56. The maximum atomic E-state index is 12.8. The number of anilines is 2. The lowest BCUT2D eigenvalue weighted by Gasteiger charge is -2.38. The van der Waals surface area contributed by atoms with E-state index in [0.29, 0.717) is 34.9 Å². The molecule has 0 atom stereocenters. The molecule has 0 aliphatic carbocycles. The fourth-order valence-corrected chi connectivity index (χ4v) is 3.50. The van der Waals surface area contributed by atoms with Gasteiger partial charge in [0.15, 0.2) is 0 Å². The zero-order valence-electron chi connectivity index (χ0n) is 14.7. The zero-order valence-corrected chi connectivity index (χ0v) is 16.2. The van der Waals surface area contributed by atoms with Crippen LogP contribution < -0.4 is 10.5 Å². The monoisotopic (exact) mass is 380 g/mol. The van der Waals surface area contributed by atoms with Crippen molar-refractivity contribution in [3.8, 4) is 0 Å². The maximum absolute atomic E-state index is 12.8. The van der Waals surface area contributed by atoms with Crippen LogP contribution in [0.5, 0.6) is 0 Å². The molecule has 7 heteroatoms. The third kappa shape index (κ3) is 3.54. The predicted molar refractivity (Wildman–Crippen MR) is 103 cm³/mol. The number of nitrogens with zero attached hydrogens (tertiary/aromatic N) is 4. The molecule has 0 fully saturated rings. The first kappa shape index (κ1) is 18.2.